The van der Waals surface area contributed by atoms with Gasteiger partial charge in [-0.3, -0.25) is 18.1 Å². The maximum Gasteiger partial charge on any atom is 0.296 e. The first-order chi connectivity index (χ1) is 39.1. The Kier molecular flexibility index (Phi) is 19.5. The van der Waals surface area contributed by atoms with Crippen LogP contribution < -0.4 is 9.64 Å². The van der Waals surface area contributed by atoms with Crippen molar-refractivity contribution in [1.29, 1.82) is 5.26 Å². The van der Waals surface area contributed by atoms with Crippen LogP contribution in [0, 0.1) is 18.3 Å². The first kappa shape index (κ1) is 61.2. The van der Waals surface area contributed by atoms with Crippen molar-refractivity contribution in [3.63, 3.8) is 0 Å². The molecule has 5 aromatic carbocycles. The van der Waals surface area contributed by atoms with Gasteiger partial charge in [0.1, 0.15) is 55.4 Å². The third-order valence-electron chi connectivity index (χ3n) is 11.5. The average Bonchev–Trinajstić information content (AvgIpc) is 2.65. The van der Waals surface area contributed by atoms with Crippen molar-refractivity contribution in [2.45, 2.75) is 39.3 Å². The molecule has 0 bridgehead atoms. The molecule has 0 amide bonds. The van der Waals surface area contributed by atoms with Crippen molar-refractivity contribution in [3.8, 4) is 23.4 Å². The highest BCUT2D eigenvalue weighted by Gasteiger charge is 2.26. The fourth-order valence-corrected chi connectivity index (χ4v) is 12.2. The zero-order valence-corrected chi connectivity index (χ0v) is 47.5. The lowest BCUT2D eigenvalue weighted by molar-refractivity contribution is -0.432. The molecule has 0 saturated carbocycles. The summed E-state index contributed by atoms with van der Waals surface area (Å²) in [6.45, 7) is 1.39. The third kappa shape index (κ3) is 14.0. The Morgan fingerprint density at radius 3 is 2.17 bits per heavy atom. The lowest BCUT2D eigenvalue weighted by Crippen LogP contribution is -2.27. The lowest BCUT2D eigenvalue weighted by Gasteiger charge is -2.26. The number of anilines is 1. The summed E-state index contributed by atoms with van der Waals surface area (Å²) in [4.78, 5) is 13.5. The molecule has 0 radical (unpaired) electrons. The molecule has 3 aromatic heterocycles. The molecule has 0 aliphatic rings. The van der Waals surface area contributed by atoms with Crippen LogP contribution in [0.25, 0.3) is 37.7 Å². The van der Waals surface area contributed by atoms with E-state index in [-0.39, 0.29) is 125 Å². The van der Waals surface area contributed by atoms with Crippen LogP contribution in [0.15, 0.2) is 117 Å². The molecule has 0 aliphatic carbocycles. The molecular weight excluding hydrogens is 1230 g/mol. The first-order valence-electron chi connectivity index (χ1n) is 22.6. The van der Waals surface area contributed by atoms with Gasteiger partial charge < -0.3 is 19.8 Å². The van der Waals surface area contributed by atoms with Crippen LogP contribution in [0.1, 0.15) is 24.0 Å². The summed E-state index contributed by atoms with van der Waals surface area (Å²) in [7, 11) is -12.0. The molecule has 82 heavy (non-hydrogen) atoms. The van der Waals surface area contributed by atoms with E-state index in [1.54, 1.807) is 29.2 Å². The summed E-state index contributed by atoms with van der Waals surface area (Å²) >= 11 is 2.49. The maximum absolute atomic E-state index is 13.0. The molecule has 0 aliphatic heterocycles. The highest BCUT2D eigenvalue weighted by molar-refractivity contribution is 7.95. The van der Waals surface area contributed by atoms with E-state index in [1.807, 2.05) is 6.07 Å². The third-order valence-corrected chi connectivity index (χ3v) is 16.8. The fraction of sp³-hybridized carbons (Fsp3) is 0.205. The highest BCUT2D eigenvalue weighted by atomic mass is 32.2. The molecule has 7 N–H and O–H groups in total. The lowest BCUT2D eigenvalue weighted by atomic mass is 10.1. The van der Waals surface area contributed by atoms with Gasteiger partial charge in [0, 0.05) is 52.8 Å². The monoisotopic (exact) mass is 1270 g/mol. The number of thiazole rings is 1. The second kappa shape index (κ2) is 26.2. The molecule has 31 nitrogen and oxygen atoms in total. The number of nitriles is 1. The summed E-state index contributed by atoms with van der Waals surface area (Å²) in [6, 6.07) is 17.1. The molecule has 8 aromatic rings. The predicted octanol–water partition coefficient (Wildman–Crippen LogP) is 11.1. The van der Waals surface area contributed by atoms with E-state index in [4.69, 9.17) is 18.7 Å². The number of phenolic OH excluding ortho intramolecular Hbond substituents is 1. The Bertz CT molecular complexity index is 4260. The average molecular weight is 1270 g/mol. The Hall–Kier alpha value is -6.85. The molecular formula is C44H39N11O20S7. The van der Waals surface area contributed by atoms with Crippen LogP contribution in [0.4, 0.5) is 39.3 Å². The maximum atomic E-state index is 13.0. The van der Waals surface area contributed by atoms with Crippen LogP contribution in [0.2, 0.25) is 0 Å². The van der Waals surface area contributed by atoms with E-state index in [0.717, 1.165) is 29.5 Å². The van der Waals surface area contributed by atoms with Crippen LogP contribution in [-0.2, 0) is 58.3 Å². The number of fused-ring (bicyclic) bond motifs is 5. The van der Waals surface area contributed by atoms with Crippen molar-refractivity contribution in [3.05, 3.63) is 77.9 Å². The molecule has 3 heterocycles. The minimum Gasteiger partial charge on any atom is -0.505 e. The Balaban J connectivity index is 1.28. The first-order valence-corrected chi connectivity index (χ1v) is 30.3. The van der Waals surface area contributed by atoms with Crippen LogP contribution in [0.3, 0.4) is 0 Å². The summed E-state index contributed by atoms with van der Waals surface area (Å²) in [6.07, 6.45) is 0.0590. The molecule has 8 rings (SSSR count). The van der Waals surface area contributed by atoms with Gasteiger partial charge in [-0.15, -0.1) is 39.4 Å². The Morgan fingerprint density at radius 1 is 0.768 bits per heavy atom. The minimum atomic E-state index is -5.16. The second-order valence-corrected chi connectivity index (χ2v) is 24.1. The standard InChI is InChI=1S/C44H39N11O20S7/c1-22-26(21-45)42-46-27-8-4-5-9-31(27)55(42)43(57)38(22)51-50-30-18-25-23(15-36(30)81(63,64)65)14-35(79-75-72-59)40(41(25)56)52-48-28-20-33(69-2)29(19-32(28)54(10-6-12-76-74-71-58)11-7-13-80(60,61)62)49-53-44-47-39-34(77-44)16-24(78-73-70-3)17-37(39)82(66,67)68/h4-5,8-9,14-20,56-59H,6-7,10-13H2,1-3H3,(H,60,61,62)(H,63,64,65)(H,66,67,68). The molecule has 0 unspecified atom stereocenters. The zero-order valence-electron chi connectivity index (χ0n) is 41.8. The van der Waals surface area contributed by atoms with Crippen molar-refractivity contribution in [1.82, 2.24) is 14.4 Å². The van der Waals surface area contributed by atoms with Gasteiger partial charge in [0.05, 0.1) is 70.4 Å². The Morgan fingerprint density at radius 2 is 1.48 bits per heavy atom. The minimum absolute atomic E-state index is 0.00148. The summed E-state index contributed by atoms with van der Waals surface area (Å²) < 4.78 is 126. The number of benzene rings is 5. The van der Waals surface area contributed by atoms with E-state index in [2.05, 4.69) is 60.0 Å². The number of ether oxygens (including phenoxy) is 1. The number of phenols is 1. The van der Waals surface area contributed by atoms with Crippen LogP contribution in [0.5, 0.6) is 17.4 Å². The Labute approximate surface area is 478 Å². The van der Waals surface area contributed by atoms with Gasteiger partial charge in [0.2, 0.25) is 11.0 Å². The van der Waals surface area contributed by atoms with Gasteiger partial charge in [0.25, 0.3) is 30.4 Å². The van der Waals surface area contributed by atoms with E-state index in [1.165, 1.54) is 49.8 Å². The van der Waals surface area contributed by atoms with Crippen molar-refractivity contribution < 1.29 is 92.3 Å². The number of para-hydroxylation sites is 2. The topological polar surface area (TPSA) is 440 Å². The van der Waals surface area contributed by atoms with Gasteiger partial charge in [-0.2, -0.15) is 34.8 Å². The SMILES string of the molecule is COOSc1cc(S(=O)(=O)O)c2nc(N=Nc3cc(N(CCCSOOO)CCCS(=O)(=O)O)c(N=Nc4c(SOOO)cc5cc(S(=O)(=O)O)c(N=Nc6c(C)c(C#N)c7nc8ccccc8n7c6O)cc5c4O)cc3OC)sc2c1. The quantitative estimate of drug-likeness (QED) is 0.00661. The number of methoxy groups -OCH3 is 1. The van der Waals surface area contributed by atoms with Crippen LogP contribution in [-0.4, -0.2) is 113 Å². The van der Waals surface area contributed by atoms with Gasteiger partial charge in [-0.25, -0.2) is 25.4 Å². The van der Waals surface area contributed by atoms with E-state index in [9.17, 15) is 59.6 Å². The van der Waals surface area contributed by atoms with Crippen molar-refractivity contribution >= 4 is 155 Å². The van der Waals surface area contributed by atoms with E-state index >= 15 is 0 Å². The summed E-state index contributed by atoms with van der Waals surface area (Å²) in [5.41, 5.74) is -0.480. The number of pyridine rings is 1. The number of imidazole rings is 1. The number of nitrogens with zero attached hydrogens (tertiary/aromatic N) is 11. The number of azo groups is 3. The molecule has 0 spiro atoms. The largest absolute Gasteiger partial charge is 0.505 e. The number of hydrogen-bond donors (Lipinski definition) is 7. The molecule has 432 valence electrons. The molecule has 38 heteroatoms. The summed E-state index contributed by atoms with van der Waals surface area (Å²) in [5, 5.41) is 84.2. The second-order valence-electron chi connectivity index (χ2n) is 16.5. The van der Waals surface area contributed by atoms with Gasteiger partial charge in [-0.1, -0.05) is 33.5 Å². The van der Waals surface area contributed by atoms with E-state index < -0.39 is 68.9 Å². The zero-order chi connectivity index (χ0) is 59.1. The number of aromatic nitrogens is 3. The van der Waals surface area contributed by atoms with Crippen molar-refractivity contribution in [2.75, 3.05) is 43.7 Å². The normalized spacial score (nSPS) is 12.6. The van der Waals surface area contributed by atoms with Gasteiger partial charge >= 0.3 is 0 Å². The number of rotatable bonds is 26. The smallest absolute Gasteiger partial charge is 0.296 e. The predicted molar refractivity (Wildman–Crippen MR) is 294 cm³/mol. The number of aromatic hydroxyl groups is 2. The molecule has 0 saturated heterocycles. The van der Waals surface area contributed by atoms with Gasteiger partial charge in [0.15, 0.2) is 17.1 Å². The van der Waals surface area contributed by atoms with Crippen LogP contribution >= 0.6 is 47.5 Å². The highest BCUT2D eigenvalue weighted by Crippen LogP contribution is 2.49. The molecule has 0 atom stereocenters. The molecule has 0 fully saturated rings. The van der Waals surface area contributed by atoms with E-state index in [0.29, 0.717) is 35.1 Å². The summed E-state index contributed by atoms with van der Waals surface area (Å²) in [5.74, 6) is -1.85. The van der Waals surface area contributed by atoms with Crippen molar-refractivity contribution in [2.24, 2.45) is 30.7 Å². The fourth-order valence-electron chi connectivity index (χ4n) is 7.99. The van der Waals surface area contributed by atoms with Gasteiger partial charge in [-0.05, 0) is 73.7 Å². The number of hydrogen-bond acceptors (Lipinski definition) is 31.